The number of urea groups is 1. The van der Waals surface area contributed by atoms with Gasteiger partial charge in [-0.1, -0.05) is 18.2 Å². The number of imidazole rings is 1. The lowest BCUT2D eigenvalue weighted by Gasteiger charge is -2.17. The fourth-order valence-corrected chi connectivity index (χ4v) is 3.56. The predicted molar refractivity (Wildman–Crippen MR) is 110 cm³/mol. The van der Waals surface area contributed by atoms with Gasteiger partial charge in [-0.3, -0.25) is 0 Å². The molecular weight excluding hydrogens is 376 g/mol. The number of nitrogens with one attached hydrogen (secondary N) is 3. The number of rotatable bonds is 7. The Balaban J connectivity index is 1.40. The summed E-state index contributed by atoms with van der Waals surface area (Å²) in [5.74, 6) is 3.13. The lowest BCUT2D eigenvalue weighted by molar-refractivity contribution is 0.174. The first kappa shape index (κ1) is 18.5. The number of carbonyl (C=O) groups excluding carboxylic acids is 1. The van der Waals surface area contributed by atoms with Crippen LogP contribution in [0.5, 0.6) is 11.5 Å². The van der Waals surface area contributed by atoms with Crippen molar-refractivity contribution in [1.29, 1.82) is 0 Å². The van der Waals surface area contributed by atoms with Gasteiger partial charge in [0.05, 0.1) is 17.1 Å². The van der Waals surface area contributed by atoms with Crippen molar-refractivity contribution in [2.24, 2.45) is 0 Å². The van der Waals surface area contributed by atoms with Crippen LogP contribution in [-0.4, -0.2) is 34.8 Å². The molecule has 8 heteroatoms. The summed E-state index contributed by atoms with van der Waals surface area (Å²) in [5, 5.41) is 5.94. The Kier molecular flexibility index (Phi) is 5.57. The second-order valence-electron chi connectivity index (χ2n) is 6.49. The zero-order valence-corrected chi connectivity index (χ0v) is 16.3. The first-order valence-corrected chi connectivity index (χ1v) is 10.5. The number of benzene rings is 2. The molecule has 3 N–H and O–H groups in total. The van der Waals surface area contributed by atoms with E-state index in [1.807, 2.05) is 42.5 Å². The standard InChI is InChI=1S/C20H22N4O3S/c1-28-9-8-16(19-22-14-4-2-3-5-15(14)23-19)24-20(25)21-11-13-6-7-17-18(10-13)27-12-26-17/h2-7,10,16H,8-9,11-12H2,1H3,(H,22,23)(H2,21,24,25)/t16-/m1/s1. The molecule has 0 fully saturated rings. The van der Waals surface area contributed by atoms with Crippen molar-refractivity contribution in [3.63, 3.8) is 0 Å². The van der Waals surface area contributed by atoms with E-state index in [4.69, 9.17) is 9.47 Å². The van der Waals surface area contributed by atoms with E-state index in [9.17, 15) is 4.79 Å². The van der Waals surface area contributed by atoms with Crippen LogP contribution in [0.2, 0.25) is 0 Å². The summed E-state index contributed by atoms with van der Waals surface area (Å²) in [4.78, 5) is 20.4. The zero-order valence-electron chi connectivity index (χ0n) is 15.5. The van der Waals surface area contributed by atoms with Gasteiger partial charge < -0.3 is 25.1 Å². The number of H-pyrrole nitrogens is 1. The van der Waals surface area contributed by atoms with E-state index in [0.29, 0.717) is 12.3 Å². The molecular formula is C20H22N4O3S. The van der Waals surface area contributed by atoms with E-state index in [2.05, 4.69) is 26.9 Å². The molecule has 3 aromatic rings. The minimum Gasteiger partial charge on any atom is -0.454 e. The highest BCUT2D eigenvalue weighted by molar-refractivity contribution is 7.98. The monoisotopic (exact) mass is 398 g/mol. The number of thioether (sulfide) groups is 1. The molecule has 0 saturated carbocycles. The third-order valence-corrected chi connectivity index (χ3v) is 5.19. The quantitative estimate of drug-likeness (QED) is 0.566. The summed E-state index contributed by atoms with van der Waals surface area (Å²) >= 11 is 1.74. The molecule has 4 rings (SSSR count). The molecule has 2 heterocycles. The number of hydrogen-bond donors (Lipinski definition) is 3. The Morgan fingerprint density at radius 1 is 1.25 bits per heavy atom. The fraction of sp³-hybridized carbons (Fsp3) is 0.300. The van der Waals surface area contributed by atoms with Crippen molar-refractivity contribution in [3.8, 4) is 11.5 Å². The normalized spacial score (nSPS) is 13.5. The Morgan fingerprint density at radius 3 is 2.96 bits per heavy atom. The second-order valence-corrected chi connectivity index (χ2v) is 7.47. The molecule has 7 nitrogen and oxygen atoms in total. The van der Waals surface area contributed by atoms with Gasteiger partial charge in [-0.25, -0.2) is 9.78 Å². The largest absolute Gasteiger partial charge is 0.454 e. The molecule has 1 atom stereocenters. The molecule has 1 aliphatic rings. The maximum Gasteiger partial charge on any atom is 0.315 e. The van der Waals surface area contributed by atoms with Crippen LogP contribution in [0, 0.1) is 0 Å². The lowest BCUT2D eigenvalue weighted by Crippen LogP contribution is -2.38. The Labute approximate surface area is 167 Å². The summed E-state index contributed by atoms with van der Waals surface area (Å²) in [6.45, 7) is 0.638. The molecule has 28 heavy (non-hydrogen) atoms. The maximum absolute atomic E-state index is 12.5. The van der Waals surface area contributed by atoms with Crippen LogP contribution in [0.25, 0.3) is 11.0 Å². The Hall–Kier alpha value is -2.87. The smallest absolute Gasteiger partial charge is 0.315 e. The van der Waals surface area contributed by atoms with Gasteiger partial charge in [0, 0.05) is 6.54 Å². The van der Waals surface area contributed by atoms with Crippen molar-refractivity contribution in [2.45, 2.75) is 19.0 Å². The van der Waals surface area contributed by atoms with Gasteiger partial charge in [0.25, 0.3) is 0 Å². The first-order chi connectivity index (χ1) is 13.7. The number of aromatic amines is 1. The molecule has 0 bridgehead atoms. The molecule has 146 valence electrons. The number of aromatic nitrogens is 2. The fourth-order valence-electron chi connectivity index (χ4n) is 3.09. The van der Waals surface area contributed by atoms with Crippen LogP contribution >= 0.6 is 11.8 Å². The topological polar surface area (TPSA) is 88.3 Å². The van der Waals surface area contributed by atoms with E-state index >= 15 is 0 Å². The number of amides is 2. The highest BCUT2D eigenvalue weighted by Gasteiger charge is 2.18. The van der Waals surface area contributed by atoms with Gasteiger partial charge in [-0.15, -0.1) is 0 Å². The van der Waals surface area contributed by atoms with Crippen LogP contribution in [0.15, 0.2) is 42.5 Å². The van der Waals surface area contributed by atoms with Crippen LogP contribution in [0.3, 0.4) is 0 Å². The average Bonchev–Trinajstić information content (AvgIpc) is 3.35. The SMILES string of the molecule is CSCC[C@@H](NC(=O)NCc1ccc2c(c1)OCO2)c1nc2ccccc2[nH]1. The molecule has 2 aromatic carbocycles. The Morgan fingerprint density at radius 2 is 2.11 bits per heavy atom. The summed E-state index contributed by atoms with van der Waals surface area (Å²) < 4.78 is 10.7. The second kappa shape index (κ2) is 8.43. The number of ether oxygens (including phenoxy) is 2. The minimum atomic E-state index is -0.232. The highest BCUT2D eigenvalue weighted by Crippen LogP contribution is 2.32. The van der Waals surface area contributed by atoms with E-state index in [0.717, 1.165) is 40.3 Å². The van der Waals surface area contributed by atoms with Gasteiger partial charge in [-0.05, 0) is 48.3 Å². The third-order valence-electron chi connectivity index (χ3n) is 4.54. The van der Waals surface area contributed by atoms with E-state index in [1.165, 1.54) is 0 Å². The summed E-state index contributed by atoms with van der Waals surface area (Å²) in [6.07, 6.45) is 2.84. The molecule has 2 amide bonds. The maximum atomic E-state index is 12.5. The third kappa shape index (κ3) is 4.17. The number of nitrogens with zero attached hydrogens (tertiary/aromatic N) is 1. The number of para-hydroxylation sites is 2. The summed E-state index contributed by atoms with van der Waals surface area (Å²) in [5.41, 5.74) is 2.81. The summed E-state index contributed by atoms with van der Waals surface area (Å²) in [6, 6.07) is 13.1. The van der Waals surface area contributed by atoms with Crippen molar-refractivity contribution in [2.75, 3.05) is 18.8 Å². The van der Waals surface area contributed by atoms with Gasteiger partial charge in [0.15, 0.2) is 11.5 Å². The first-order valence-electron chi connectivity index (χ1n) is 9.09. The molecule has 1 aromatic heterocycles. The highest BCUT2D eigenvalue weighted by atomic mass is 32.2. The van der Waals surface area contributed by atoms with Crippen LogP contribution in [0.4, 0.5) is 4.79 Å². The molecule has 0 unspecified atom stereocenters. The lowest BCUT2D eigenvalue weighted by atomic mass is 10.2. The van der Waals surface area contributed by atoms with Crippen molar-refractivity contribution < 1.29 is 14.3 Å². The zero-order chi connectivity index (χ0) is 19.3. The van der Waals surface area contributed by atoms with Gasteiger partial charge >= 0.3 is 6.03 Å². The van der Waals surface area contributed by atoms with E-state index in [1.54, 1.807) is 11.8 Å². The number of fused-ring (bicyclic) bond motifs is 2. The number of carbonyl (C=O) groups is 1. The molecule has 0 saturated heterocycles. The van der Waals surface area contributed by atoms with E-state index in [-0.39, 0.29) is 18.9 Å². The molecule has 0 aliphatic carbocycles. The minimum absolute atomic E-state index is 0.184. The summed E-state index contributed by atoms with van der Waals surface area (Å²) in [7, 11) is 0. The molecule has 0 radical (unpaired) electrons. The molecule has 0 spiro atoms. The average molecular weight is 398 g/mol. The van der Waals surface area contributed by atoms with Crippen LogP contribution in [0.1, 0.15) is 23.9 Å². The van der Waals surface area contributed by atoms with Crippen molar-refractivity contribution in [3.05, 3.63) is 53.9 Å². The van der Waals surface area contributed by atoms with Gasteiger partial charge in [0.2, 0.25) is 6.79 Å². The van der Waals surface area contributed by atoms with Gasteiger partial charge in [-0.2, -0.15) is 11.8 Å². The van der Waals surface area contributed by atoms with Crippen LogP contribution < -0.4 is 20.1 Å². The van der Waals surface area contributed by atoms with Gasteiger partial charge in [0.1, 0.15) is 5.82 Å². The van der Waals surface area contributed by atoms with Crippen molar-refractivity contribution >= 4 is 28.8 Å². The van der Waals surface area contributed by atoms with Crippen molar-refractivity contribution in [1.82, 2.24) is 20.6 Å². The van der Waals surface area contributed by atoms with Crippen LogP contribution in [-0.2, 0) is 6.54 Å². The predicted octanol–water partition coefficient (Wildman–Crippen LogP) is 3.59. The molecule has 1 aliphatic heterocycles. The number of hydrogen-bond acceptors (Lipinski definition) is 5. The Bertz CT molecular complexity index is 942. The van der Waals surface area contributed by atoms with E-state index < -0.39 is 0 Å².